The van der Waals surface area contributed by atoms with E-state index < -0.39 is 0 Å². The van der Waals surface area contributed by atoms with Crippen molar-refractivity contribution in [3.63, 3.8) is 0 Å². The van der Waals surface area contributed by atoms with Gasteiger partial charge in [0.05, 0.1) is 11.6 Å². The zero-order valence-electron chi connectivity index (χ0n) is 10.3. The largest absolute Gasteiger partial charge is 0.363 e. The average Bonchev–Trinajstić information content (AvgIpc) is 3.09. The number of pyridine rings is 1. The van der Waals surface area contributed by atoms with Crippen molar-refractivity contribution in [1.29, 1.82) is 0 Å². The van der Waals surface area contributed by atoms with Crippen molar-refractivity contribution in [1.82, 2.24) is 14.9 Å². The molecule has 0 aliphatic carbocycles. The van der Waals surface area contributed by atoms with Gasteiger partial charge in [-0.05, 0) is 37.1 Å². The highest BCUT2D eigenvalue weighted by molar-refractivity contribution is 6.29. The zero-order valence-corrected chi connectivity index (χ0v) is 11.1. The Hall–Kier alpha value is -1.81. The molecule has 1 aliphatic rings. The molecule has 3 heterocycles. The summed E-state index contributed by atoms with van der Waals surface area (Å²) in [5.41, 5.74) is 1.68. The Labute approximate surface area is 116 Å². The number of H-pyrrole nitrogens is 1. The van der Waals surface area contributed by atoms with Crippen molar-refractivity contribution < 1.29 is 4.79 Å². The molecule has 4 nitrogen and oxygen atoms in total. The first kappa shape index (κ1) is 12.2. The molecule has 1 N–H and O–H groups in total. The molecule has 1 saturated heterocycles. The molecule has 1 atom stereocenters. The lowest BCUT2D eigenvalue weighted by Crippen LogP contribution is -2.30. The number of aromatic nitrogens is 2. The number of likely N-dealkylation sites (tertiary alicyclic amines) is 1. The number of aromatic amines is 1. The minimum Gasteiger partial charge on any atom is -0.363 e. The first-order chi connectivity index (χ1) is 9.25. The summed E-state index contributed by atoms with van der Waals surface area (Å²) in [6.45, 7) is 0.783. The quantitative estimate of drug-likeness (QED) is 0.857. The third-order valence-electron chi connectivity index (χ3n) is 3.47. The maximum atomic E-state index is 12.5. The second-order valence-electron chi connectivity index (χ2n) is 4.65. The fourth-order valence-electron chi connectivity index (χ4n) is 2.55. The van der Waals surface area contributed by atoms with Gasteiger partial charge in [-0.1, -0.05) is 11.6 Å². The van der Waals surface area contributed by atoms with Gasteiger partial charge in [-0.25, -0.2) is 4.98 Å². The highest BCUT2D eigenvalue weighted by Crippen LogP contribution is 2.32. The van der Waals surface area contributed by atoms with Gasteiger partial charge >= 0.3 is 0 Å². The van der Waals surface area contributed by atoms with Crippen molar-refractivity contribution in [2.75, 3.05) is 6.54 Å². The lowest BCUT2D eigenvalue weighted by molar-refractivity contribution is 0.0733. The van der Waals surface area contributed by atoms with E-state index in [-0.39, 0.29) is 11.9 Å². The molecule has 2 aromatic rings. The van der Waals surface area contributed by atoms with E-state index in [0.29, 0.717) is 10.7 Å². The first-order valence-electron chi connectivity index (χ1n) is 6.31. The molecular weight excluding hydrogens is 262 g/mol. The summed E-state index contributed by atoms with van der Waals surface area (Å²) >= 11 is 5.74. The summed E-state index contributed by atoms with van der Waals surface area (Å²) in [7, 11) is 0. The number of nitrogens with one attached hydrogen (secondary N) is 1. The monoisotopic (exact) mass is 275 g/mol. The Bertz CT molecular complexity index is 565. The minimum absolute atomic E-state index is 0.0151. The molecule has 5 heteroatoms. The number of nitrogens with zero attached hydrogens (tertiary/aromatic N) is 2. The minimum atomic E-state index is 0.0151. The number of rotatable bonds is 2. The maximum Gasteiger partial charge on any atom is 0.255 e. The number of hydrogen-bond acceptors (Lipinski definition) is 2. The second-order valence-corrected chi connectivity index (χ2v) is 5.04. The summed E-state index contributed by atoms with van der Waals surface area (Å²) in [5.74, 6) is 0.0151. The van der Waals surface area contributed by atoms with Crippen molar-refractivity contribution in [2.45, 2.75) is 18.9 Å². The van der Waals surface area contributed by atoms with Crippen LogP contribution in [0.3, 0.4) is 0 Å². The third-order valence-corrected chi connectivity index (χ3v) is 3.69. The van der Waals surface area contributed by atoms with Crippen molar-refractivity contribution >= 4 is 17.5 Å². The predicted molar refractivity (Wildman–Crippen MR) is 73.1 cm³/mol. The van der Waals surface area contributed by atoms with Gasteiger partial charge in [0.2, 0.25) is 0 Å². The second kappa shape index (κ2) is 5.05. The van der Waals surface area contributed by atoms with Crippen molar-refractivity contribution in [2.24, 2.45) is 0 Å². The van der Waals surface area contributed by atoms with Crippen LogP contribution in [0.25, 0.3) is 0 Å². The van der Waals surface area contributed by atoms with E-state index in [1.54, 1.807) is 12.1 Å². The van der Waals surface area contributed by atoms with E-state index >= 15 is 0 Å². The molecule has 3 rings (SSSR count). The third kappa shape index (κ3) is 2.36. The normalized spacial score (nSPS) is 18.8. The summed E-state index contributed by atoms with van der Waals surface area (Å²) in [6.07, 6.45) is 5.44. The highest BCUT2D eigenvalue weighted by Gasteiger charge is 2.31. The van der Waals surface area contributed by atoms with Crippen LogP contribution in [0.15, 0.2) is 36.7 Å². The lowest BCUT2D eigenvalue weighted by Gasteiger charge is -2.24. The van der Waals surface area contributed by atoms with E-state index in [2.05, 4.69) is 9.97 Å². The number of hydrogen-bond donors (Lipinski definition) is 1. The molecule has 1 fully saturated rings. The fourth-order valence-corrected chi connectivity index (χ4v) is 2.66. The molecule has 0 spiro atoms. The van der Waals surface area contributed by atoms with Crippen molar-refractivity contribution in [3.05, 3.63) is 53.1 Å². The Balaban J connectivity index is 1.84. The van der Waals surface area contributed by atoms with Crippen LogP contribution in [0.2, 0.25) is 5.15 Å². The first-order valence-corrected chi connectivity index (χ1v) is 6.69. The lowest BCUT2D eigenvalue weighted by atomic mass is 10.1. The molecule has 0 saturated carbocycles. The molecule has 1 aliphatic heterocycles. The summed E-state index contributed by atoms with van der Waals surface area (Å²) < 4.78 is 0. The summed E-state index contributed by atoms with van der Waals surface area (Å²) in [6, 6.07) is 7.49. The van der Waals surface area contributed by atoms with Crippen molar-refractivity contribution in [3.8, 4) is 0 Å². The average molecular weight is 276 g/mol. The van der Waals surface area contributed by atoms with Crippen LogP contribution < -0.4 is 0 Å². The van der Waals surface area contributed by atoms with Gasteiger partial charge in [-0.15, -0.1) is 0 Å². The summed E-state index contributed by atoms with van der Waals surface area (Å²) in [4.78, 5) is 21.6. The van der Waals surface area contributed by atoms with E-state index in [1.807, 2.05) is 23.2 Å². The molecule has 2 aromatic heterocycles. The van der Waals surface area contributed by atoms with Gasteiger partial charge in [0.25, 0.3) is 5.91 Å². The van der Waals surface area contributed by atoms with Gasteiger partial charge in [0, 0.05) is 24.6 Å². The van der Waals surface area contributed by atoms with Crippen LogP contribution in [-0.2, 0) is 0 Å². The van der Waals surface area contributed by atoms with Crippen LogP contribution in [-0.4, -0.2) is 27.3 Å². The molecule has 0 aromatic carbocycles. The Morgan fingerprint density at radius 3 is 3.00 bits per heavy atom. The van der Waals surface area contributed by atoms with Gasteiger partial charge in [-0.2, -0.15) is 0 Å². The molecule has 98 valence electrons. The maximum absolute atomic E-state index is 12.5. The SMILES string of the molecule is O=C(c1ccc(Cl)nc1)N1CCCC1c1ccc[nH]1. The van der Waals surface area contributed by atoms with Gasteiger partial charge in [-0.3, -0.25) is 4.79 Å². The number of carbonyl (C=O) groups is 1. The standard InChI is InChI=1S/C14H14ClN3O/c15-13-6-5-10(9-17-13)14(19)18-8-2-4-12(18)11-3-1-7-16-11/h1,3,5-7,9,12,16H,2,4,8H2. The smallest absolute Gasteiger partial charge is 0.255 e. The topological polar surface area (TPSA) is 49.0 Å². The number of amides is 1. The predicted octanol–water partition coefficient (Wildman–Crippen LogP) is 3.04. The van der Waals surface area contributed by atoms with Crippen LogP contribution in [0.4, 0.5) is 0 Å². The summed E-state index contributed by atoms with van der Waals surface area (Å²) in [5, 5.41) is 0.402. The van der Waals surface area contributed by atoms with E-state index in [1.165, 1.54) is 6.20 Å². The zero-order chi connectivity index (χ0) is 13.2. The van der Waals surface area contributed by atoms with Gasteiger partial charge in [0.15, 0.2) is 0 Å². The van der Waals surface area contributed by atoms with Crippen LogP contribution in [0, 0.1) is 0 Å². The number of halogens is 1. The van der Waals surface area contributed by atoms with E-state index in [0.717, 1.165) is 25.1 Å². The van der Waals surface area contributed by atoms with Crippen LogP contribution >= 0.6 is 11.6 Å². The molecule has 0 radical (unpaired) electrons. The Morgan fingerprint density at radius 1 is 1.42 bits per heavy atom. The number of carbonyl (C=O) groups excluding carboxylic acids is 1. The van der Waals surface area contributed by atoms with Crippen LogP contribution in [0.5, 0.6) is 0 Å². The fraction of sp³-hybridized carbons (Fsp3) is 0.286. The molecule has 19 heavy (non-hydrogen) atoms. The van der Waals surface area contributed by atoms with E-state index in [4.69, 9.17) is 11.6 Å². The Morgan fingerprint density at radius 2 is 2.32 bits per heavy atom. The Kier molecular flexibility index (Phi) is 3.25. The molecule has 0 bridgehead atoms. The van der Waals surface area contributed by atoms with E-state index in [9.17, 15) is 4.79 Å². The molecule has 1 amide bonds. The van der Waals surface area contributed by atoms with Gasteiger partial charge < -0.3 is 9.88 Å². The van der Waals surface area contributed by atoms with Crippen LogP contribution in [0.1, 0.15) is 34.9 Å². The molecule has 1 unspecified atom stereocenters. The molecular formula is C14H14ClN3O. The highest BCUT2D eigenvalue weighted by atomic mass is 35.5. The van der Waals surface area contributed by atoms with Gasteiger partial charge in [0.1, 0.15) is 5.15 Å².